The van der Waals surface area contributed by atoms with E-state index in [1.54, 1.807) is 46.2 Å². The molecule has 0 aromatic heterocycles. The van der Waals surface area contributed by atoms with Gasteiger partial charge >= 0.3 is 0 Å². The highest BCUT2D eigenvalue weighted by Gasteiger charge is 2.37. The van der Waals surface area contributed by atoms with Gasteiger partial charge in [-0.1, -0.05) is 37.6 Å². The van der Waals surface area contributed by atoms with Gasteiger partial charge in [0.15, 0.2) is 6.61 Å². The second-order valence-electron chi connectivity index (χ2n) is 11.3. The maximum atomic E-state index is 14.7. The molecule has 0 spiro atoms. The number of benzene rings is 2. The number of carbonyl (C=O) groups excluding carboxylic acids is 2. The summed E-state index contributed by atoms with van der Waals surface area (Å²) in [6.45, 7) is 5.85. The quantitative estimate of drug-likeness (QED) is 0.499. The molecule has 2 aromatic rings. The van der Waals surface area contributed by atoms with Gasteiger partial charge in [0.2, 0.25) is 5.91 Å². The Morgan fingerprint density at radius 1 is 1.12 bits per heavy atom. The van der Waals surface area contributed by atoms with Crippen LogP contribution in [-0.4, -0.2) is 96.7 Å². The average Bonchev–Trinajstić information content (AvgIpc) is 2.97. The van der Waals surface area contributed by atoms with Crippen LogP contribution in [0.1, 0.15) is 45.2 Å². The number of rotatable bonds is 6. The summed E-state index contributed by atoms with van der Waals surface area (Å²) in [5, 5.41) is 21.9. The highest BCUT2D eigenvalue weighted by molar-refractivity contribution is 6.30. The normalized spacial score (nSPS) is 24.7. The van der Waals surface area contributed by atoms with E-state index in [9.17, 15) is 24.2 Å². The van der Waals surface area contributed by atoms with Gasteiger partial charge in [-0.15, -0.1) is 0 Å². The third kappa shape index (κ3) is 10.1. The summed E-state index contributed by atoms with van der Waals surface area (Å²) >= 11 is 5.99. The van der Waals surface area contributed by atoms with Gasteiger partial charge in [-0.3, -0.25) is 9.59 Å². The Kier molecular flexibility index (Phi) is 13.7. The molecular formula is C32H44ClFN2O7. The Morgan fingerprint density at radius 2 is 1.84 bits per heavy atom. The van der Waals surface area contributed by atoms with E-state index >= 15 is 0 Å². The average molecular weight is 623 g/mol. The minimum atomic E-state index is -1.29. The van der Waals surface area contributed by atoms with Crippen LogP contribution in [0, 0.1) is 17.7 Å². The molecule has 1 heterocycles. The molecule has 0 unspecified atom stereocenters. The van der Waals surface area contributed by atoms with Crippen LogP contribution in [0.4, 0.5) is 4.39 Å². The molecular weight excluding hydrogens is 579 g/mol. The van der Waals surface area contributed by atoms with Gasteiger partial charge in [-0.25, -0.2) is 4.39 Å². The number of halogens is 2. The Morgan fingerprint density at radius 3 is 2.47 bits per heavy atom. The lowest BCUT2D eigenvalue weighted by Gasteiger charge is -2.42. The second-order valence-corrected chi connectivity index (χ2v) is 11.7. The predicted octanol–water partition coefficient (Wildman–Crippen LogP) is 4.10. The van der Waals surface area contributed by atoms with Crippen molar-refractivity contribution in [2.75, 3.05) is 46.6 Å². The molecule has 0 bridgehead atoms. The Hall–Kier alpha value is -2.76. The molecule has 0 radical (unpaired) electrons. The lowest BCUT2D eigenvalue weighted by Crippen LogP contribution is -2.51. The Balaban J connectivity index is 2.05. The molecule has 11 heteroatoms. The molecule has 2 aromatic carbocycles. The summed E-state index contributed by atoms with van der Waals surface area (Å²) in [6, 6.07) is 12.3. The molecule has 5 atom stereocenters. The van der Waals surface area contributed by atoms with Crippen molar-refractivity contribution in [2.24, 2.45) is 11.8 Å². The number of methoxy groups -OCH3 is 1. The molecule has 9 nitrogen and oxygen atoms in total. The summed E-state index contributed by atoms with van der Waals surface area (Å²) < 4.78 is 31.6. The van der Waals surface area contributed by atoms with Crippen LogP contribution in [0.5, 0.6) is 5.75 Å². The number of amides is 2. The molecule has 1 fully saturated rings. The van der Waals surface area contributed by atoms with Crippen LogP contribution in [0.15, 0.2) is 48.5 Å². The van der Waals surface area contributed by atoms with Crippen LogP contribution < -0.4 is 4.74 Å². The zero-order valence-electron chi connectivity index (χ0n) is 25.3. The third-order valence-electron chi connectivity index (χ3n) is 7.87. The molecule has 1 saturated heterocycles. The fourth-order valence-electron chi connectivity index (χ4n) is 5.36. The van der Waals surface area contributed by atoms with Gasteiger partial charge in [0.25, 0.3) is 5.91 Å². The van der Waals surface area contributed by atoms with Gasteiger partial charge < -0.3 is 34.2 Å². The van der Waals surface area contributed by atoms with Crippen LogP contribution in [0.3, 0.4) is 0 Å². The molecule has 2 amide bonds. The first-order chi connectivity index (χ1) is 20.5. The van der Waals surface area contributed by atoms with Crippen molar-refractivity contribution in [2.45, 2.75) is 58.0 Å². The summed E-state index contributed by atoms with van der Waals surface area (Å²) in [5.41, 5.74) is 0.598. The van der Waals surface area contributed by atoms with E-state index in [4.69, 9.17) is 25.8 Å². The van der Waals surface area contributed by atoms with Gasteiger partial charge in [0.1, 0.15) is 29.9 Å². The molecule has 0 saturated carbocycles. The van der Waals surface area contributed by atoms with E-state index in [1.807, 2.05) is 13.8 Å². The van der Waals surface area contributed by atoms with E-state index in [1.165, 1.54) is 26.2 Å². The zero-order chi connectivity index (χ0) is 31.5. The van der Waals surface area contributed by atoms with Crippen molar-refractivity contribution in [1.29, 1.82) is 0 Å². The van der Waals surface area contributed by atoms with Crippen molar-refractivity contribution in [3.63, 3.8) is 0 Å². The van der Waals surface area contributed by atoms with Gasteiger partial charge in [0, 0.05) is 51.2 Å². The van der Waals surface area contributed by atoms with Crippen molar-refractivity contribution < 1.29 is 38.4 Å². The van der Waals surface area contributed by atoms with Crippen molar-refractivity contribution in [3.05, 3.63) is 64.9 Å². The highest BCUT2D eigenvalue weighted by atomic mass is 35.5. The number of aliphatic hydroxyl groups is 2. The first kappa shape index (κ1) is 34.7. The number of ether oxygens (including phenoxy) is 3. The zero-order valence-corrected chi connectivity index (χ0v) is 26.1. The molecule has 2 N–H and O–H groups in total. The van der Waals surface area contributed by atoms with Crippen LogP contribution >= 0.6 is 11.6 Å². The molecule has 0 aliphatic carbocycles. The summed E-state index contributed by atoms with van der Waals surface area (Å²) in [7, 11) is 1.41. The van der Waals surface area contributed by atoms with Crippen LogP contribution in [0.2, 0.25) is 5.02 Å². The largest absolute Gasteiger partial charge is 0.484 e. The summed E-state index contributed by atoms with van der Waals surface area (Å²) in [5.74, 6) is -0.914. The fraction of sp³-hybridized carbons (Fsp3) is 0.562. The minimum absolute atomic E-state index is 0.00320. The van der Waals surface area contributed by atoms with E-state index in [2.05, 4.69) is 0 Å². The van der Waals surface area contributed by atoms with Crippen molar-refractivity contribution >= 4 is 23.4 Å². The topological polar surface area (TPSA) is 109 Å². The monoisotopic (exact) mass is 622 g/mol. The van der Waals surface area contributed by atoms with E-state index in [0.29, 0.717) is 42.3 Å². The van der Waals surface area contributed by atoms with Crippen LogP contribution in [0.25, 0.3) is 0 Å². The highest BCUT2D eigenvalue weighted by Crippen LogP contribution is 2.36. The fourth-order valence-corrected chi connectivity index (χ4v) is 5.49. The van der Waals surface area contributed by atoms with Crippen LogP contribution in [-0.2, 0) is 19.1 Å². The lowest BCUT2D eigenvalue weighted by molar-refractivity contribution is -0.140. The summed E-state index contributed by atoms with van der Waals surface area (Å²) in [6.07, 6.45) is -2.28. The Bertz CT molecular complexity index is 1170. The smallest absolute Gasteiger partial charge is 0.261 e. The lowest BCUT2D eigenvalue weighted by atomic mass is 9.82. The van der Waals surface area contributed by atoms with E-state index in [-0.39, 0.29) is 50.0 Å². The number of nitrogens with zero attached hydrogens (tertiary/aromatic N) is 2. The van der Waals surface area contributed by atoms with Gasteiger partial charge in [0.05, 0.1) is 12.6 Å². The van der Waals surface area contributed by atoms with E-state index < -0.39 is 30.2 Å². The second kappa shape index (κ2) is 16.9. The number of aliphatic hydroxyl groups excluding tert-OH is 2. The maximum absolute atomic E-state index is 14.7. The SMILES string of the molecule is CO[C@@H]1CN(C(C)=O)C[C@H](C(C)C)[C@@H](c2cccc(F)c2)N(C(=O)COc2ccc(Cl)cc2)CCCCOC[C@@H](O)[C@H]1O. The minimum Gasteiger partial charge on any atom is -0.484 e. The van der Waals surface area contributed by atoms with E-state index in [0.717, 1.165) is 0 Å². The predicted molar refractivity (Wildman–Crippen MR) is 161 cm³/mol. The van der Waals surface area contributed by atoms with Crippen molar-refractivity contribution in [1.82, 2.24) is 9.80 Å². The van der Waals surface area contributed by atoms with Crippen molar-refractivity contribution in [3.8, 4) is 5.75 Å². The van der Waals surface area contributed by atoms with Gasteiger partial charge in [-0.05, 0) is 60.7 Å². The standard InChI is InChI=1S/C32H44ClFN2O7/c1-21(2)27-17-35(22(3)37)18-29(41-4)32(40)28(38)19-42-15-6-5-14-36(31(27)23-8-7-9-25(34)16-23)30(39)20-43-26-12-10-24(33)11-13-26/h7-13,16,21,27-29,31-32,38,40H,5-6,14-15,17-20H2,1-4H3/t27-,28-,29-,31-,32-/m1/s1. The molecule has 3 rings (SSSR count). The third-order valence-corrected chi connectivity index (χ3v) is 8.12. The molecule has 1 aliphatic heterocycles. The first-order valence-corrected chi connectivity index (χ1v) is 15.0. The number of carbonyl (C=O) groups is 2. The molecule has 1 aliphatic rings. The number of hydrogen-bond donors (Lipinski definition) is 2. The maximum Gasteiger partial charge on any atom is 0.261 e. The molecule has 43 heavy (non-hydrogen) atoms. The molecule has 238 valence electrons. The first-order valence-electron chi connectivity index (χ1n) is 14.7. The summed E-state index contributed by atoms with van der Waals surface area (Å²) in [4.78, 5) is 30.2. The number of hydrogen-bond acceptors (Lipinski definition) is 7. The van der Waals surface area contributed by atoms with Gasteiger partial charge in [-0.2, -0.15) is 0 Å². The Labute approximate surface area is 258 Å².